The molecule has 0 bridgehead atoms. The maximum Gasteiger partial charge on any atom is 0.220 e. The van der Waals surface area contributed by atoms with Gasteiger partial charge in [0, 0.05) is 24.0 Å². The molecule has 0 saturated carbocycles. The normalized spacial score (nSPS) is 16.7. The first-order chi connectivity index (χ1) is 19.2. The van der Waals surface area contributed by atoms with Crippen LogP contribution in [0.5, 0.6) is 0 Å². The number of methoxy groups -OCH3 is 1. The SMILES string of the molecule is CCCCCCCCCCCCCCCCCCN1C=C/C(=C\C=C2\C=CC(=O)C(OC)=C2)c2ccccc21. The first-order valence-electron chi connectivity index (χ1n) is 15.7. The second-order valence-electron chi connectivity index (χ2n) is 11.0. The van der Waals surface area contributed by atoms with Gasteiger partial charge in [0.05, 0.1) is 7.11 Å². The Morgan fingerprint density at radius 1 is 0.718 bits per heavy atom. The summed E-state index contributed by atoms with van der Waals surface area (Å²) in [6.07, 6.45) is 36.2. The lowest BCUT2D eigenvalue weighted by Crippen LogP contribution is -2.21. The molecule has 0 spiro atoms. The summed E-state index contributed by atoms with van der Waals surface area (Å²) in [5.74, 6) is 0.293. The van der Waals surface area contributed by atoms with Crippen LogP contribution in [0.4, 0.5) is 5.69 Å². The summed E-state index contributed by atoms with van der Waals surface area (Å²) in [6.45, 7) is 3.35. The molecule has 3 nitrogen and oxygen atoms in total. The molecule has 1 aromatic rings. The Balaban J connectivity index is 1.31. The van der Waals surface area contributed by atoms with Gasteiger partial charge in [0.2, 0.25) is 5.78 Å². The Morgan fingerprint density at radius 3 is 1.92 bits per heavy atom. The van der Waals surface area contributed by atoms with Crippen LogP contribution in [-0.4, -0.2) is 19.4 Å². The summed E-state index contributed by atoms with van der Waals surface area (Å²) in [6, 6.07) is 8.64. The van der Waals surface area contributed by atoms with Gasteiger partial charge in [-0.2, -0.15) is 0 Å². The molecule has 39 heavy (non-hydrogen) atoms. The van der Waals surface area contributed by atoms with Crippen molar-refractivity contribution in [2.45, 2.75) is 110 Å². The summed E-state index contributed by atoms with van der Waals surface area (Å²) in [5.41, 5.74) is 4.66. The number of para-hydroxylation sites is 1. The number of carbonyl (C=O) groups is 1. The van der Waals surface area contributed by atoms with Gasteiger partial charge in [-0.25, -0.2) is 0 Å². The Kier molecular flexibility index (Phi) is 14.6. The van der Waals surface area contributed by atoms with E-state index in [0.29, 0.717) is 5.76 Å². The second kappa shape index (κ2) is 18.5. The standard InChI is InChI=1S/C36H51NO2/c1-3-4-5-6-7-8-9-10-11-12-13-14-15-16-17-20-28-37-29-27-32(33-21-18-19-22-34(33)37)25-23-31-24-26-35(38)36(30-31)39-2/h18-19,21-27,29-30H,3-17,20,28H2,1-2H3/b31-23-,32-25+. The van der Waals surface area contributed by atoms with Crippen LogP contribution in [0.25, 0.3) is 5.57 Å². The highest BCUT2D eigenvalue weighted by Gasteiger charge is 2.15. The third-order valence-electron chi connectivity index (χ3n) is 7.85. The summed E-state index contributed by atoms with van der Waals surface area (Å²) in [5, 5.41) is 0. The summed E-state index contributed by atoms with van der Waals surface area (Å²) in [7, 11) is 1.53. The average Bonchev–Trinajstić information content (AvgIpc) is 2.97. The van der Waals surface area contributed by atoms with Gasteiger partial charge in [-0.05, 0) is 41.9 Å². The van der Waals surface area contributed by atoms with Gasteiger partial charge in [0.15, 0.2) is 5.76 Å². The minimum atomic E-state index is -0.0880. The zero-order valence-corrected chi connectivity index (χ0v) is 24.6. The van der Waals surface area contributed by atoms with Crippen LogP contribution in [0.15, 0.2) is 78.3 Å². The molecular formula is C36H51NO2. The van der Waals surface area contributed by atoms with Gasteiger partial charge in [-0.15, -0.1) is 0 Å². The van der Waals surface area contributed by atoms with Crippen LogP contribution in [0.2, 0.25) is 0 Å². The summed E-state index contributed by atoms with van der Waals surface area (Å²) >= 11 is 0. The van der Waals surface area contributed by atoms with E-state index in [2.05, 4.69) is 54.4 Å². The zero-order chi connectivity index (χ0) is 27.5. The van der Waals surface area contributed by atoms with Gasteiger partial charge >= 0.3 is 0 Å². The lowest BCUT2D eigenvalue weighted by molar-refractivity contribution is -0.114. The van der Waals surface area contributed by atoms with E-state index in [1.807, 2.05) is 12.2 Å². The van der Waals surface area contributed by atoms with E-state index in [-0.39, 0.29) is 5.78 Å². The number of ketones is 1. The van der Waals surface area contributed by atoms with Crippen LogP contribution in [0.3, 0.4) is 0 Å². The number of fused-ring (bicyclic) bond motifs is 1. The number of carbonyl (C=O) groups excluding carboxylic acids is 1. The third kappa shape index (κ3) is 11.1. The smallest absolute Gasteiger partial charge is 0.220 e. The highest BCUT2D eigenvalue weighted by Crippen LogP contribution is 2.33. The third-order valence-corrected chi connectivity index (χ3v) is 7.85. The molecule has 0 N–H and O–H groups in total. The number of anilines is 1. The molecule has 0 atom stereocenters. The van der Waals surface area contributed by atoms with E-state index >= 15 is 0 Å². The second-order valence-corrected chi connectivity index (χ2v) is 11.0. The maximum absolute atomic E-state index is 11.8. The molecule has 0 fully saturated rings. The largest absolute Gasteiger partial charge is 0.493 e. The molecule has 1 aliphatic carbocycles. The molecule has 1 aromatic carbocycles. The summed E-state index contributed by atoms with van der Waals surface area (Å²) in [4.78, 5) is 14.2. The molecular weight excluding hydrogens is 478 g/mol. The molecule has 3 heteroatoms. The molecule has 2 aliphatic rings. The van der Waals surface area contributed by atoms with Crippen LogP contribution >= 0.6 is 0 Å². The summed E-state index contributed by atoms with van der Waals surface area (Å²) < 4.78 is 5.18. The van der Waals surface area contributed by atoms with Crippen molar-refractivity contribution in [3.05, 3.63) is 83.8 Å². The predicted octanol–water partition coefficient (Wildman–Crippen LogP) is 10.3. The van der Waals surface area contributed by atoms with Crippen molar-refractivity contribution >= 4 is 17.0 Å². The quantitative estimate of drug-likeness (QED) is 0.167. The zero-order valence-electron chi connectivity index (χ0n) is 24.6. The van der Waals surface area contributed by atoms with E-state index in [0.717, 1.165) is 12.1 Å². The number of hydrogen-bond acceptors (Lipinski definition) is 3. The van der Waals surface area contributed by atoms with Crippen molar-refractivity contribution in [3.8, 4) is 0 Å². The van der Waals surface area contributed by atoms with E-state index in [1.165, 1.54) is 127 Å². The first-order valence-corrected chi connectivity index (χ1v) is 15.7. The van der Waals surface area contributed by atoms with Crippen LogP contribution < -0.4 is 4.90 Å². The van der Waals surface area contributed by atoms with Crippen molar-refractivity contribution in [1.29, 1.82) is 0 Å². The number of allylic oxidation sites excluding steroid dienone is 8. The molecule has 0 radical (unpaired) electrons. The monoisotopic (exact) mass is 529 g/mol. The predicted molar refractivity (Wildman–Crippen MR) is 168 cm³/mol. The topological polar surface area (TPSA) is 29.5 Å². The number of nitrogens with zero attached hydrogens (tertiary/aromatic N) is 1. The first kappa shape index (κ1) is 30.7. The number of benzene rings is 1. The molecule has 0 amide bonds. The Labute approximate surface area is 238 Å². The van der Waals surface area contributed by atoms with Gasteiger partial charge < -0.3 is 9.64 Å². The Bertz CT molecular complexity index is 1030. The van der Waals surface area contributed by atoms with Crippen molar-refractivity contribution in [1.82, 2.24) is 0 Å². The lowest BCUT2D eigenvalue weighted by Gasteiger charge is -2.27. The van der Waals surface area contributed by atoms with Crippen molar-refractivity contribution in [3.63, 3.8) is 0 Å². The minimum absolute atomic E-state index is 0.0880. The van der Waals surface area contributed by atoms with E-state index in [1.54, 1.807) is 12.2 Å². The highest BCUT2D eigenvalue weighted by atomic mass is 16.5. The number of unbranched alkanes of at least 4 members (excludes halogenated alkanes) is 15. The lowest BCUT2D eigenvalue weighted by atomic mass is 9.98. The Morgan fingerprint density at radius 2 is 1.31 bits per heavy atom. The number of rotatable bonds is 19. The molecule has 0 unspecified atom stereocenters. The van der Waals surface area contributed by atoms with Gasteiger partial charge in [0.1, 0.15) is 0 Å². The average molecular weight is 530 g/mol. The number of hydrogen-bond donors (Lipinski definition) is 0. The molecule has 212 valence electrons. The fraction of sp³-hybridized carbons (Fsp3) is 0.528. The van der Waals surface area contributed by atoms with E-state index in [4.69, 9.17) is 4.74 Å². The van der Waals surface area contributed by atoms with Crippen LogP contribution in [0.1, 0.15) is 115 Å². The van der Waals surface area contributed by atoms with Gasteiger partial charge in [-0.3, -0.25) is 4.79 Å². The van der Waals surface area contributed by atoms with Crippen molar-refractivity contribution in [2.24, 2.45) is 0 Å². The Hall–Kier alpha value is -2.81. The van der Waals surface area contributed by atoms with Crippen molar-refractivity contribution in [2.75, 3.05) is 18.6 Å². The highest BCUT2D eigenvalue weighted by molar-refractivity contribution is 6.04. The van der Waals surface area contributed by atoms with Crippen LogP contribution in [0, 0.1) is 0 Å². The molecule has 1 heterocycles. The van der Waals surface area contributed by atoms with Crippen molar-refractivity contribution < 1.29 is 9.53 Å². The maximum atomic E-state index is 11.8. The fourth-order valence-electron chi connectivity index (χ4n) is 5.45. The van der Waals surface area contributed by atoms with Gasteiger partial charge in [0.25, 0.3) is 0 Å². The van der Waals surface area contributed by atoms with Gasteiger partial charge in [-0.1, -0.05) is 140 Å². The molecule has 1 aliphatic heterocycles. The molecule has 3 rings (SSSR count). The van der Waals surface area contributed by atoms with E-state index in [9.17, 15) is 4.79 Å². The fourth-order valence-corrected chi connectivity index (χ4v) is 5.45. The minimum Gasteiger partial charge on any atom is -0.493 e. The van der Waals surface area contributed by atoms with Crippen LogP contribution in [-0.2, 0) is 9.53 Å². The molecule has 0 aromatic heterocycles. The molecule has 0 saturated heterocycles. The number of ether oxygens (including phenoxy) is 1. The van der Waals surface area contributed by atoms with E-state index < -0.39 is 0 Å².